The van der Waals surface area contributed by atoms with Crippen LogP contribution in [0.15, 0.2) is 53.0 Å². The van der Waals surface area contributed by atoms with Crippen LogP contribution in [0.5, 0.6) is 0 Å². The summed E-state index contributed by atoms with van der Waals surface area (Å²) >= 11 is 0. The molecule has 0 aromatic heterocycles. The molecule has 1 unspecified atom stereocenters. The van der Waals surface area contributed by atoms with E-state index in [1.807, 2.05) is 31.0 Å². The Morgan fingerprint density at radius 3 is 2.17 bits per heavy atom. The molecule has 1 aromatic rings. The van der Waals surface area contributed by atoms with E-state index in [9.17, 15) is 18.4 Å². The summed E-state index contributed by atoms with van der Waals surface area (Å²) in [6.45, 7) is 14.5. The molecule has 3 rings (SSSR count). The van der Waals surface area contributed by atoms with Gasteiger partial charge in [0.05, 0.1) is 25.9 Å². The van der Waals surface area contributed by atoms with Gasteiger partial charge in [-0.2, -0.15) is 0 Å². The van der Waals surface area contributed by atoms with Crippen LogP contribution in [0, 0.1) is 30.4 Å². The van der Waals surface area contributed by atoms with Crippen molar-refractivity contribution in [1.29, 1.82) is 0 Å². The van der Waals surface area contributed by atoms with Crippen LogP contribution in [0.4, 0.5) is 13.6 Å². The number of hydrogen-bond donors (Lipinski definition) is 1. The number of rotatable bonds is 5. The SMILES string of the molecule is C#C.CCC(C)/C(C)=C1\C=C(C)C=CN1/C(C)=C(\C)c1c(F)cc(C(=O)NC)cc1F.COC(=O)N1CCOCC1. The lowest BCUT2D eigenvalue weighted by molar-refractivity contribution is 0.0334. The Labute approximate surface area is 243 Å². The number of hydrogen-bond acceptors (Lipinski definition) is 5. The van der Waals surface area contributed by atoms with E-state index < -0.39 is 17.5 Å². The minimum atomic E-state index is -0.752. The first-order valence-electron chi connectivity index (χ1n) is 13.5. The summed E-state index contributed by atoms with van der Waals surface area (Å²) < 4.78 is 39.1. The van der Waals surface area contributed by atoms with Gasteiger partial charge in [0.1, 0.15) is 11.6 Å². The zero-order valence-electron chi connectivity index (χ0n) is 25.4. The number of amides is 2. The molecular formula is C32H43F2N3O4. The van der Waals surface area contributed by atoms with Gasteiger partial charge < -0.3 is 24.6 Å². The van der Waals surface area contributed by atoms with E-state index in [1.54, 1.807) is 11.8 Å². The number of terminal acetylenes is 1. The van der Waals surface area contributed by atoms with Gasteiger partial charge in [-0.1, -0.05) is 13.8 Å². The first-order chi connectivity index (χ1) is 19.5. The summed E-state index contributed by atoms with van der Waals surface area (Å²) in [6.07, 6.45) is 14.8. The molecule has 9 heteroatoms. The van der Waals surface area contributed by atoms with Crippen LogP contribution in [0.2, 0.25) is 0 Å². The fourth-order valence-corrected chi connectivity index (χ4v) is 4.20. The minimum Gasteiger partial charge on any atom is -0.453 e. The van der Waals surface area contributed by atoms with E-state index in [-0.39, 0.29) is 17.2 Å². The third kappa shape index (κ3) is 9.32. The second kappa shape index (κ2) is 17.0. The highest BCUT2D eigenvalue weighted by Crippen LogP contribution is 2.33. The van der Waals surface area contributed by atoms with Gasteiger partial charge in [-0.3, -0.25) is 4.79 Å². The monoisotopic (exact) mass is 571 g/mol. The molecule has 2 aliphatic rings. The Morgan fingerprint density at radius 1 is 1.12 bits per heavy atom. The molecule has 1 saturated heterocycles. The highest BCUT2D eigenvalue weighted by Gasteiger charge is 2.22. The standard InChI is InChI=1S/C24H30F2N2O.C6H11NO3.C2H2/c1-8-15(3)16(4)22-11-14(2)9-10-28(22)18(6)17(5)23-20(25)12-19(13-21(23)26)24(29)27-7;1-9-6(8)7-2-4-10-5-3-7;1-2/h9-13,15H,8H2,1-7H3,(H,27,29);2-5H2,1H3;1-2H/b18-17+,22-16+;;. The fraction of sp³-hybridized carbons (Fsp3) is 0.438. The lowest BCUT2D eigenvalue weighted by atomic mass is 9.94. The molecule has 2 aliphatic heterocycles. The van der Waals surface area contributed by atoms with Gasteiger partial charge in [-0.05, 0) is 81.0 Å². The van der Waals surface area contributed by atoms with E-state index in [0.717, 1.165) is 35.5 Å². The van der Waals surface area contributed by atoms with Gasteiger partial charge in [0, 0.05) is 43.3 Å². The maximum Gasteiger partial charge on any atom is 0.409 e. The second-order valence-electron chi connectivity index (χ2n) is 9.63. The zero-order valence-corrected chi connectivity index (χ0v) is 25.4. The Hall–Kier alpha value is -3.90. The number of halogens is 2. The van der Waals surface area contributed by atoms with Crippen LogP contribution in [-0.4, -0.2) is 62.3 Å². The molecule has 1 aromatic carbocycles. The van der Waals surface area contributed by atoms with Crippen LogP contribution in [-0.2, 0) is 9.47 Å². The topological polar surface area (TPSA) is 71.1 Å². The molecule has 0 aliphatic carbocycles. The molecule has 0 spiro atoms. The molecule has 0 radical (unpaired) electrons. The van der Waals surface area contributed by atoms with Crippen molar-refractivity contribution in [3.05, 3.63) is 75.8 Å². The van der Waals surface area contributed by atoms with Gasteiger partial charge in [0.25, 0.3) is 5.91 Å². The average Bonchev–Trinajstić information content (AvgIpc) is 3.00. The number of ether oxygens (including phenoxy) is 2. The molecule has 7 nitrogen and oxygen atoms in total. The molecular weight excluding hydrogens is 528 g/mol. The molecule has 2 amide bonds. The maximum absolute atomic E-state index is 14.8. The Morgan fingerprint density at radius 2 is 1.68 bits per heavy atom. The van der Waals surface area contributed by atoms with Crippen molar-refractivity contribution in [3.63, 3.8) is 0 Å². The smallest absolute Gasteiger partial charge is 0.409 e. The summed E-state index contributed by atoms with van der Waals surface area (Å²) in [7, 11) is 2.81. The number of benzene rings is 1. The van der Waals surface area contributed by atoms with E-state index in [0.29, 0.717) is 37.8 Å². The molecule has 224 valence electrons. The highest BCUT2D eigenvalue weighted by atomic mass is 19.1. The lowest BCUT2D eigenvalue weighted by Crippen LogP contribution is -2.40. The molecule has 1 N–H and O–H groups in total. The summed E-state index contributed by atoms with van der Waals surface area (Å²) in [5.41, 5.74) is 4.43. The van der Waals surface area contributed by atoms with Crippen LogP contribution < -0.4 is 5.32 Å². The van der Waals surface area contributed by atoms with Gasteiger partial charge in [-0.15, -0.1) is 12.8 Å². The molecule has 1 atom stereocenters. The van der Waals surface area contributed by atoms with Gasteiger partial charge in [0.15, 0.2) is 0 Å². The number of carbonyl (C=O) groups excluding carboxylic acids is 2. The van der Waals surface area contributed by atoms with Crippen molar-refractivity contribution in [2.45, 2.75) is 48.0 Å². The number of nitrogens with one attached hydrogen (secondary N) is 1. The summed E-state index contributed by atoms with van der Waals surface area (Å²) in [6, 6.07) is 2.15. The van der Waals surface area contributed by atoms with Crippen LogP contribution >= 0.6 is 0 Å². The van der Waals surface area contributed by atoms with E-state index in [1.165, 1.54) is 19.7 Å². The average molecular weight is 572 g/mol. The molecule has 2 heterocycles. The number of allylic oxidation sites excluding steroid dienone is 6. The molecule has 1 fully saturated rings. The third-order valence-electron chi connectivity index (χ3n) is 7.12. The second-order valence-corrected chi connectivity index (χ2v) is 9.63. The third-order valence-corrected chi connectivity index (χ3v) is 7.12. The van der Waals surface area contributed by atoms with Crippen LogP contribution in [0.1, 0.15) is 63.9 Å². The minimum absolute atomic E-state index is 0.0404. The fourth-order valence-electron chi connectivity index (χ4n) is 4.20. The summed E-state index contributed by atoms with van der Waals surface area (Å²) in [4.78, 5) is 26.2. The quantitative estimate of drug-likeness (QED) is 0.408. The van der Waals surface area contributed by atoms with Crippen LogP contribution in [0.3, 0.4) is 0 Å². The Kier molecular flexibility index (Phi) is 14.6. The Balaban J connectivity index is 0.000000584. The van der Waals surface area contributed by atoms with Gasteiger partial charge in [-0.25, -0.2) is 13.6 Å². The van der Waals surface area contributed by atoms with E-state index >= 15 is 0 Å². The number of carbonyl (C=O) groups is 2. The van der Waals surface area contributed by atoms with Crippen LogP contribution in [0.25, 0.3) is 5.57 Å². The first kappa shape index (κ1) is 35.1. The van der Waals surface area contributed by atoms with E-state index in [4.69, 9.17) is 4.74 Å². The molecule has 41 heavy (non-hydrogen) atoms. The predicted octanol–water partition coefficient (Wildman–Crippen LogP) is 6.51. The molecule has 0 bridgehead atoms. The number of morpholine rings is 1. The van der Waals surface area contributed by atoms with Crippen molar-refractivity contribution < 1.29 is 27.8 Å². The van der Waals surface area contributed by atoms with Gasteiger partial charge in [0.2, 0.25) is 0 Å². The number of methoxy groups -OCH3 is 1. The Bertz CT molecular complexity index is 1200. The predicted molar refractivity (Wildman–Crippen MR) is 160 cm³/mol. The largest absolute Gasteiger partial charge is 0.453 e. The normalized spacial score (nSPS) is 17.0. The van der Waals surface area contributed by atoms with Crippen molar-refractivity contribution in [1.82, 2.24) is 15.1 Å². The van der Waals surface area contributed by atoms with Crippen molar-refractivity contribution in [3.8, 4) is 12.8 Å². The lowest BCUT2D eigenvalue weighted by Gasteiger charge is -2.31. The van der Waals surface area contributed by atoms with Crippen molar-refractivity contribution in [2.75, 3.05) is 40.5 Å². The first-order valence-corrected chi connectivity index (χ1v) is 13.5. The van der Waals surface area contributed by atoms with Crippen molar-refractivity contribution >= 4 is 17.6 Å². The zero-order chi connectivity index (χ0) is 31.3. The highest BCUT2D eigenvalue weighted by molar-refractivity contribution is 5.94. The molecule has 0 saturated carbocycles. The number of nitrogens with zero attached hydrogens (tertiary/aromatic N) is 2. The summed E-state index contributed by atoms with van der Waals surface area (Å²) in [5.74, 6) is -1.65. The van der Waals surface area contributed by atoms with Crippen molar-refractivity contribution in [2.24, 2.45) is 5.92 Å². The van der Waals surface area contributed by atoms with E-state index in [2.05, 4.69) is 49.7 Å². The van der Waals surface area contributed by atoms with Gasteiger partial charge >= 0.3 is 6.09 Å². The summed E-state index contributed by atoms with van der Waals surface area (Å²) in [5, 5.41) is 2.38. The maximum atomic E-state index is 14.8.